The lowest BCUT2D eigenvalue weighted by Crippen LogP contribution is -2.36. The minimum absolute atomic E-state index is 0.0226. The number of halogens is 3. The van der Waals surface area contributed by atoms with E-state index in [0.717, 1.165) is 0 Å². The van der Waals surface area contributed by atoms with E-state index < -0.39 is 12.6 Å². The van der Waals surface area contributed by atoms with E-state index in [9.17, 15) is 13.2 Å². The molecule has 0 heterocycles. The third-order valence-corrected chi connectivity index (χ3v) is 2.41. The number of ether oxygens (including phenoxy) is 1. The molecule has 104 valence electrons. The van der Waals surface area contributed by atoms with Gasteiger partial charge in [-0.15, -0.1) is 0 Å². The molecule has 17 heavy (non-hydrogen) atoms. The van der Waals surface area contributed by atoms with Gasteiger partial charge in [-0.3, -0.25) is 0 Å². The third-order valence-electron chi connectivity index (χ3n) is 2.41. The first-order valence-corrected chi connectivity index (χ1v) is 6.14. The average molecular weight is 255 g/mol. The number of rotatable bonds is 8. The Morgan fingerprint density at radius 3 is 2.12 bits per heavy atom. The Bertz CT molecular complexity index is 193. The van der Waals surface area contributed by atoms with E-state index in [1.165, 1.54) is 0 Å². The van der Waals surface area contributed by atoms with Crippen LogP contribution < -0.4 is 5.32 Å². The molecule has 0 saturated heterocycles. The Morgan fingerprint density at radius 1 is 1.12 bits per heavy atom. The molecule has 0 radical (unpaired) electrons. The normalized spacial score (nSPS) is 14.6. The van der Waals surface area contributed by atoms with Crippen molar-refractivity contribution in [1.82, 2.24) is 5.32 Å². The van der Waals surface area contributed by atoms with Gasteiger partial charge in [0.25, 0.3) is 0 Å². The van der Waals surface area contributed by atoms with Crippen LogP contribution in [-0.4, -0.2) is 31.5 Å². The summed E-state index contributed by atoms with van der Waals surface area (Å²) in [6.07, 6.45) is -4.83. The topological polar surface area (TPSA) is 21.3 Å². The van der Waals surface area contributed by atoms with Crippen molar-refractivity contribution in [3.8, 4) is 0 Å². The second-order valence-corrected chi connectivity index (χ2v) is 4.93. The van der Waals surface area contributed by atoms with E-state index in [1.54, 1.807) is 0 Å². The zero-order valence-corrected chi connectivity index (χ0v) is 11.1. The van der Waals surface area contributed by atoms with E-state index in [2.05, 4.69) is 5.32 Å². The molecule has 2 nitrogen and oxygen atoms in total. The molecule has 0 rings (SSSR count). The van der Waals surface area contributed by atoms with Gasteiger partial charge in [-0.25, -0.2) is 0 Å². The fourth-order valence-electron chi connectivity index (χ4n) is 1.35. The molecule has 1 N–H and O–H groups in total. The molecule has 0 bridgehead atoms. The molecule has 1 atom stereocenters. The largest absolute Gasteiger partial charge is 0.389 e. The van der Waals surface area contributed by atoms with Crippen LogP contribution in [0.15, 0.2) is 0 Å². The number of hydrogen-bond donors (Lipinski definition) is 1. The van der Waals surface area contributed by atoms with Crippen LogP contribution in [0.2, 0.25) is 0 Å². The maximum Gasteiger partial charge on any atom is 0.389 e. The summed E-state index contributed by atoms with van der Waals surface area (Å²) in [5.41, 5.74) is 0. The van der Waals surface area contributed by atoms with Crippen LogP contribution in [0.3, 0.4) is 0 Å². The Labute approximate surface area is 102 Å². The fourth-order valence-corrected chi connectivity index (χ4v) is 1.35. The van der Waals surface area contributed by atoms with Crippen molar-refractivity contribution >= 4 is 0 Å². The average Bonchev–Trinajstić information content (AvgIpc) is 2.13. The van der Waals surface area contributed by atoms with Gasteiger partial charge < -0.3 is 10.1 Å². The first-order chi connectivity index (χ1) is 7.72. The highest BCUT2D eigenvalue weighted by Gasteiger charge is 2.26. The molecule has 0 saturated carbocycles. The summed E-state index contributed by atoms with van der Waals surface area (Å²) >= 11 is 0. The number of hydrogen-bond acceptors (Lipinski definition) is 2. The molecule has 0 aliphatic rings. The highest BCUT2D eigenvalue weighted by atomic mass is 19.4. The Hall–Kier alpha value is -0.290. The van der Waals surface area contributed by atoms with Gasteiger partial charge in [0.1, 0.15) is 0 Å². The number of nitrogens with one attached hydrogen (secondary N) is 1. The van der Waals surface area contributed by atoms with Crippen LogP contribution in [0.1, 0.15) is 40.5 Å². The van der Waals surface area contributed by atoms with Crippen LogP contribution in [0.25, 0.3) is 0 Å². The summed E-state index contributed by atoms with van der Waals surface area (Å²) in [5, 5.41) is 3.24. The molecular formula is C12H24F3NO. The van der Waals surface area contributed by atoms with Crippen LogP contribution in [0.4, 0.5) is 13.2 Å². The highest BCUT2D eigenvalue weighted by Crippen LogP contribution is 2.21. The Morgan fingerprint density at radius 2 is 1.71 bits per heavy atom. The molecule has 0 aliphatic carbocycles. The maximum absolute atomic E-state index is 11.9. The molecule has 0 aromatic heterocycles. The molecule has 0 spiro atoms. The third kappa shape index (κ3) is 10.6. The van der Waals surface area contributed by atoms with Crippen molar-refractivity contribution < 1.29 is 17.9 Å². The lowest BCUT2D eigenvalue weighted by molar-refractivity contribution is -0.139. The van der Waals surface area contributed by atoms with E-state index in [1.807, 2.05) is 27.7 Å². The minimum atomic E-state index is -4.08. The first kappa shape index (κ1) is 16.7. The van der Waals surface area contributed by atoms with Crippen molar-refractivity contribution in [3.63, 3.8) is 0 Å². The van der Waals surface area contributed by atoms with Gasteiger partial charge in [0.15, 0.2) is 0 Å². The molecule has 0 fully saturated rings. The van der Waals surface area contributed by atoms with Gasteiger partial charge in [-0.1, -0.05) is 27.7 Å². The van der Waals surface area contributed by atoms with Crippen LogP contribution in [-0.2, 0) is 4.74 Å². The van der Waals surface area contributed by atoms with Crippen LogP contribution in [0.5, 0.6) is 0 Å². The van der Waals surface area contributed by atoms with Crippen molar-refractivity contribution in [2.45, 2.75) is 58.9 Å². The second-order valence-electron chi connectivity index (χ2n) is 4.93. The summed E-state index contributed by atoms with van der Waals surface area (Å²) in [4.78, 5) is 0. The van der Waals surface area contributed by atoms with E-state index in [4.69, 9.17) is 4.74 Å². The van der Waals surface area contributed by atoms with Gasteiger partial charge >= 0.3 is 6.18 Å². The molecule has 0 aromatic rings. The minimum Gasteiger partial charge on any atom is -0.377 e. The van der Waals surface area contributed by atoms with E-state index >= 15 is 0 Å². The van der Waals surface area contributed by atoms with E-state index in [0.29, 0.717) is 18.5 Å². The van der Waals surface area contributed by atoms with Crippen molar-refractivity contribution in [1.29, 1.82) is 0 Å². The first-order valence-electron chi connectivity index (χ1n) is 6.14. The molecule has 0 aliphatic heterocycles. The van der Waals surface area contributed by atoms with Crippen LogP contribution in [0, 0.1) is 5.92 Å². The Kier molecular flexibility index (Phi) is 7.79. The predicted octanol–water partition coefficient (Wildman–Crippen LogP) is 3.37. The quantitative estimate of drug-likeness (QED) is 0.671. The molecule has 0 amide bonds. The van der Waals surface area contributed by atoms with Crippen molar-refractivity contribution in [2.75, 3.05) is 13.2 Å². The standard InChI is InChI=1S/C12H24F3NO/c1-9(2)11(8-16-10(3)4)17-7-5-6-12(13,14)15/h9-11,16H,5-8H2,1-4H3. The van der Waals surface area contributed by atoms with Gasteiger partial charge in [0.05, 0.1) is 6.10 Å². The van der Waals surface area contributed by atoms with E-state index in [-0.39, 0.29) is 19.1 Å². The zero-order chi connectivity index (χ0) is 13.5. The Balaban J connectivity index is 3.78. The van der Waals surface area contributed by atoms with Gasteiger partial charge in [0, 0.05) is 25.6 Å². The number of alkyl halides is 3. The molecule has 5 heteroatoms. The van der Waals surface area contributed by atoms with Gasteiger partial charge in [-0.2, -0.15) is 13.2 Å². The lowest BCUT2D eigenvalue weighted by atomic mass is 10.1. The SMILES string of the molecule is CC(C)NCC(OCCCC(F)(F)F)C(C)C. The molecule has 1 unspecified atom stereocenters. The fraction of sp³-hybridized carbons (Fsp3) is 1.00. The second kappa shape index (κ2) is 7.93. The van der Waals surface area contributed by atoms with Gasteiger partial charge in [0.2, 0.25) is 0 Å². The predicted molar refractivity (Wildman–Crippen MR) is 63.0 cm³/mol. The summed E-state index contributed by atoms with van der Waals surface area (Å²) in [7, 11) is 0. The van der Waals surface area contributed by atoms with Crippen LogP contribution >= 0.6 is 0 Å². The van der Waals surface area contributed by atoms with Gasteiger partial charge in [-0.05, 0) is 12.3 Å². The van der Waals surface area contributed by atoms with Crippen molar-refractivity contribution in [3.05, 3.63) is 0 Å². The molecular weight excluding hydrogens is 231 g/mol. The summed E-state index contributed by atoms with van der Waals surface area (Å²) in [6.45, 7) is 8.93. The summed E-state index contributed by atoms with van der Waals surface area (Å²) in [5.74, 6) is 0.298. The van der Waals surface area contributed by atoms with Crippen molar-refractivity contribution in [2.24, 2.45) is 5.92 Å². The monoisotopic (exact) mass is 255 g/mol. The molecule has 0 aromatic carbocycles. The summed E-state index contributed by atoms with van der Waals surface area (Å²) < 4.78 is 41.3. The lowest BCUT2D eigenvalue weighted by Gasteiger charge is -2.23. The maximum atomic E-state index is 11.9. The highest BCUT2D eigenvalue weighted by molar-refractivity contribution is 4.67. The summed E-state index contributed by atoms with van der Waals surface area (Å²) in [6, 6.07) is 0.357. The smallest absolute Gasteiger partial charge is 0.377 e. The zero-order valence-electron chi connectivity index (χ0n) is 11.1.